The van der Waals surface area contributed by atoms with Crippen molar-refractivity contribution in [1.29, 1.82) is 0 Å². The van der Waals surface area contributed by atoms with Gasteiger partial charge in [-0.25, -0.2) is 0 Å². The van der Waals surface area contributed by atoms with Crippen molar-refractivity contribution >= 4 is 0 Å². The molecule has 2 N–H and O–H groups in total. The molecule has 1 fully saturated rings. The van der Waals surface area contributed by atoms with Crippen LogP contribution >= 0.6 is 0 Å². The highest BCUT2D eigenvalue weighted by molar-refractivity contribution is 5.17. The molecule has 100 valence electrons. The van der Waals surface area contributed by atoms with Crippen LogP contribution in [0.1, 0.15) is 49.4 Å². The number of likely N-dealkylation sites (tertiary alicyclic amines) is 1. The molecule has 0 amide bonds. The average molecular weight is 247 g/mol. The normalized spacial score (nSPS) is 20.1. The van der Waals surface area contributed by atoms with Crippen molar-refractivity contribution in [3.8, 4) is 0 Å². The largest absolute Gasteiger partial charge is 0.329 e. The van der Waals surface area contributed by atoms with Gasteiger partial charge in [-0.2, -0.15) is 0 Å². The molecular formula is C15H25N3. The van der Waals surface area contributed by atoms with E-state index in [1.54, 1.807) is 0 Å². The standard InChI is InChI=1S/C15H25N3/c1-13-7-8-14(12-17-13)15(11-16)18-9-5-3-2-4-6-10-18/h7-8,12,15H,2-6,9-11,16H2,1H3. The van der Waals surface area contributed by atoms with Crippen molar-refractivity contribution in [1.82, 2.24) is 9.88 Å². The van der Waals surface area contributed by atoms with Gasteiger partial charge < -0.3 is 5.73 Å². The first-order valence-corrected chi connectivity index (χ1v) is 7.18. The Morgan fingerprint density at radius 3 is 2.39 bits per heavy atom. The molecule has 3 heteroatoms. The van der Waals surface area contributed by atoms with Gasteiger partial charge in [-0.3, -0.25) is 9.88 Å². The van der Waals surface area contributed by atoms with E-state index in [1.165, 1.54) is 50.8 Å². The number of rotatable bonds is 3. The number of aryl methyl sites for hydroxylation is 1. The number of aromatic nitrogens is 1. The van der Waals surface area contributed by atoms with Crippen LogP contribution in [0.4, 0.5) is 0 Å². The number of nitrogens with two attached hydrogens (primary N) is 1. The van der Waals surface area contributed by atoms with Crippen molar-refractivity contribution in [2.45, 2.75) is 45.1 Å². The Hall–Kier alpha value is -0.930. The Morgan fingerprint density at radius 1 is 1.17 bits per heavy atom. The lowest BCUT2D eigenvalue weighted by Crippen LogP contribution is -2.36. The van der Waals surface area contributed by atoms with Crippen molar-refractivity contribution in [2.75, 3.05) is 19.6 Å². The fraction of sp³-hybridized carbons (Fsp3) is 0.667. The monoisotopic (exact) mass is 247 g/mol. The molecule has 1 unspecified atom stereocenters. The first kappa shape index (κ1) is 13.5. The molecule has 0 bridgehead atoms. The summed E-state index contributed by atoms with van der Waals surface area (Å²) in [4.78, 5) is 6.95. The van der Waals surface area contributed by atoms with Gasteiger partial charge in [0.1, 0.15) is 0 Å². The maximum absolute atomic E-state index is 5.99. The highest BCUT2D eigenvalue weighted by atomic mass is 15.2. The van der Waals surface area contributed by atoms with Crippen molar-refractivity contribution in [2.24, 2.45) is 5.73 Å². The van der Waals surface area contributed by atoms with Crippen molar-refractivity contribution < 1.29 is 0 Å². The van der Waals surface area contributed by atoms with Gasteiger partial charge in [0.05, 0.1) is 0 Å². The molecule has 0 aliphatic carbocycles. The molecular weight excluding hydrogens is 222 g/mol. The van der Waals surface area contributed by atoms with Crippen LogP contribution in [0.3, 0.4) is 0 Å². The highest BCUT2D eigenvalue weighted by Gasteiger charge is 2.19. The lowest BCUT2D eigenvalue weighted by atomic mass is 10.0. The van der Waals surface area contributed by atoms with Crippen molar-refractivity contribution in [3.05, 3.63) is 29.6 Å². The molecule has 1 aliphatic rings. The Labute approximate surface area is 110 Å². The fourth-order valence-corrected chi connectivity index (χ4v) is 2.76. The van der Waals surface area contributed by atoms with Crippen LogP contribution in [-0.4, -0.2) is 29.5 Å². The first-order chi connectivity index (χ1) is 8.81. The maximum atomic E-state index is 5.99. The third-order valence-electron chi connectivity index (χ3n) is 3.87. The molecule has 1 aromatic rings. The van der Waals surface area contributed by atoms with Crippen LogP contribution in [-0.2, 0) is 0 Å². The number of nitrogens with zero attached hydrogens (tertiary/aromatic N) is 2. The minimum atomic E-state index is 0.344. The van der Waals surface area contributed by atoms with Gasteiger partial charge in [-0.1, -0.05) is 25.3 Å². The molecule has 2 rings (SSSR count). The van der Waals surface area contributed by atoms with Gasteiger partial charge in [-0.05, 0) is 44.5 Å². The molecule has 1 aliphatic heterocycles. The summed E-state index contributed by atoms with van der Waals surface area (Å²) in [7, 11) is 0. The summed E-state index contributed by atoms with van der Waals surface area (Å²) in [5.74, 6) is 0. The molecule has 0 aromatic carbocycles. The molecule has 1 aromatic heterocycles. The van der Waals surface area contributed by atoms with E-state index in [2.05, 4.69) is 22.0 Å². The van der Waals surface area contributed by atoms with Crippen LogP contribution in [0, 0.1) is 6.92 Å². The lowest BCUT2D eigenvalue weighted by Gasteiger charge is -2.32. The predicted molar refractivity (Wildman–Crippen MR) is 75.4 cm³/mol. The minimum absolute atomic E-state index is 0.344. The van der Waals surface area contributed by atoms with Crippen LogP contribution in [0.5, 0.6) is 0 Å². The van der Waals surface area contributed by atoms with E-state index >= 15 is 0 Å². The second-order valence-electron chi connectivity index (χ2n) is 5.29. The molecule has 3 nitrogen and oxygen atoms in total. The Kier molecular flexibility index (Phi) is 5.14. The Bertz CT molecular complexity index is 339. The predicted octanol–water partition coefficient (Wildman–Crippen LogP) is 2.66. The Morgan fingerprint density at radius 2 is 1.83 bits per heavy atom. The van der Waals surface area contributed by atoms with E-state index in [0.717, 1.165) is 5.69 Å². The number of pyridine rings is 1. The quantitative estimate of drug-likeness (QED) is 0.893. The molecule has 1 saturated heterocycles. The van der Waals surface area contributed by atoms with Gasteiger partial charge in [0.15, 0.2) is 0 Å². The zero-order valence-electron chi connectivity index (χ0n) is 11.4. The zero-order chi connectivity index (χ0) is 12.8. The third-order valence-corrected chi connectivity index (χ3v) is 3.87. The summed E-state index contributed by atoms with van der Waals surface area (Å²) in [6, 6.07) is 4.61. The van der Waals surface area contributed by atoms with Crippen LogP contribution < -0.4 is 5.73 Å². The number of hydrogen-bond donors (Lipinski definition) is 1. The van der Waals surface area contributed by atoms with E-state index in [4.69, 9.17) is 5.73 Å². The summed E-state index contributed by atoms with van der Waals surface area (Å²) in [5, 5.41) is 0. The number of hydrogen-bond acceptors (Lipinski definition) is 3. The zero-order valence-corrected chi connectivity index (χ0v) is 11.4. The van der Waals surface area contributed by atoms with Crippen LogP contribution in [0.15, 0.2) is 18.3 Å². The lowest BCUT2D eigenvalue weighted by molar-refractivity contribution is 0.183. The molecule has 2 heterocycles. The van der Waals surface area contributed by atoms with E-state index in [1.807, 2.05) is 13.1 Å². The van der Waals surface area contributed by atoms with E-state index in [0.29, 0.717) is 12.6 Å². The summed E-state index contributed by atoms with van der Waals surface area (Å²) >= 11 is 0. The summed E-state index contributed by atoms with van der Waals surface area (Å²) < 4.78 is 0. The fourth-order valence-electron chi connectivity index (χ4n) is 2.76. The summed E-state index contributed by atoms with van der Waals surface area (Å²) in [5.41, 5.74) is 8.33. The van der Waals surface area contributed by atoms with E-state index in [9.17, 15) is 0 Å². The van der Waals surface area contributed by atoms with Gasteiger partial charge in [0.25, 0.3) is 0 Å². The Balaban J connectivity index is 2.08. The molecule has 18 heavy (non-hydrogen) atoms. The SMILES string of the molecule is Cc1ccc(C(CN)N2CCCCCCC2)cn1. The topological polar surface area (TPSA) is 42.1 Å². The molecule has 1 atom stereocenters. The summed E-state index contributed by atoms with van der Waals surface area (Å²) in [6.45, 7) is 5.06. The van der Waals surface area contributed by atoms with E-state index in [-0.39, 0.29) is 0 Å². The van der Waals surface area contributed by atoms with Crippen LogP contribution in [0.2, 0.25) is 0 Å². The van der Waals surface area contributed by atoms with Gasteiger partial charge in [0, 0.05) is 24.5 Å². The maximum Gasteiger partial charge on any atom is 0.0485 e. The molecule has 0 radical (unpaired) electrons. The smallest absolute Gasteiger partial charge is 0.0485 e. The highest BCUT2D eigenvalue weighted by Crippen LogP contribution is 2.22. The second-order valence-corrected chi connectivity index (χ2v) is 5.29. The minimum Gasteiger partial charge on any atom is -0.329 e. The van der Waals surface area contributed by atoms with Gasteiger partial charge >= 0.3 is 0 Å². The van der Waals surface area contributed by atoms with E-state index < -0.39 is 0 Å². The van der Waals surface area contributed by atoms with Crippen molar-refractivity contribution in [3.63, 3.8) is 0 Å². The first-order valence-electron chi connectivity index (χ1n) is 7.18. The average Bonchev–Trinajstić information content (AvgIpc) is 2.34. The summed E-state index contributed by atoms with van der Waals surface area (Å²) in [6.07, 6.45) is 8.71. The van der Waals surface area contributed by atoms with Gasteiger partial charge in [0.2, 0.25) is 0 Å². The molecule has 0 spiro atoms. The molecule has 0 saturated carbocycles. The van der Waals surface area contributed by atoms with Crippen LogP contribution in [0.25, 0.3) is 0 Å². The third kappa shape index (κ3) is 3.53. The van der Waals surface area contributed by atoms with Gasteiger partial charge in [-0.15, -0.1) is 0 Å². The second kappa shape index (κ2) is 6.86.